The summed E-state index contributed by atoms with van der Waals surface area (Å²) in [5, 5.41) is 0. The van der Waals surface area contributed by atoms with Crippen molar-refractivity contribution >= 4 is 17.9 Å². The summed E-state index contributed by atoms with van der Waals surface area (Å²) in [6.45, 7) is 5.89. The van der Waals surface area contributed by atoms with Gasteiger partial charge in [0.1, 0.15) is 0 Å². The smallest absolute Gasteiger partial charge is 0.363 e. The van der Waals surface area contributed by atoms with Crippen molar-refractivity contribution in [1.29, 1.82) is 0 Å². The molecule has 2 rings (SSSR count). The number of hydrogen-bond donors (Lipinski definition) is 0. The minimum absolute atomic E-state index is 0.127. The highest BCUT2D eigenvalue weighted by molar-refractivity contribution is 6.07. The molecule has 3 nitrogen and oxygen atoms in total. The Morgan fingerprint density at radius 2 is 2.00 bits per heavy atom. The van der Waals surface area contributed by atoms with Crippen molar-refractivity contribution in [3.8, 4) is 0 Å². The van der Waals surface area contributed by atoms with E-state index in [2.05, 4.69) is 4.99 Å². The summed E-state index contributed by atoms with van der Waals surface area (Å²) >= 11 is 0. The standard InChI is InChI=1S/C14H15NO2/c1-9(2)13-15-12(14(16)17-13)8-11-7-5-4-6-10(11)3/h4-9H,1-3H3/b12-8-. The van der Waals surface area contributed by atoms with Crippen molar-refractivity contribution in [3.05, 3.63) is 41.1 Å². The summed E-state index contributed by atoms with van der Waals surface area (Å²) in [6.07, 6.45) is 1.77. The maximum Gasteiger partial charge on any atom is 0.363 e. The van der Waals surface area contributed by atoms with E-state index in [0.29, 0.717) is 11.6 Å². The molecule has 1 heterocycles. The first-order chi connectivity index (χ1) is 8.08. The average Bonchev–Trinajstić information content (AvgIpc) is 2.64. The SMILES string of the molecule is Cc1ccccc1/C=C1\N=C(C(C)C)OC1=O. The Morgan fingerprint density at radius 1 is 1.29 bits per heavy atom. The summed E-state index contributed by atoms with van der Waals surface area (Å²) in [6, 6.07) is 7.86. The first-order valence-electron chi connectivity index (χ1n) is 5.66. The lowest BCUT2D eigenvalue weighted by atomic mass is 10.1. The van der Waals surface area contributed by atoms with Crippen LogP contribution in [0.4, 0.5) is 0 Å². The zero-order valence-corrected chi connectivity index (χ0v) is 10.2. The molecule has 0 fully saturated rings. The third kappa shape index (κ3) is 2.44. The first kappa shape index (κ1) is 11.6. The number of carbonyl (C=O) groups excluding carboxylic acids is 1. The average molecular weight is 229 g/mol. The predicted octanol–water partition coefficient (Wildman–Crippen LogP) is 2.95. The van der Waals surface area contributed by atoms with Crippen LogP contribution >= 0.6 is 0 Å². The van der Waals surface area contributed by atoms with Gasteiger partial charge in [0.2, 0.25) is 5.90 Å². The second kappa shape index (κ2) is 4.53. The largest absolute Gasteiger partial charge is 0.407 e. The fourth-order valence-electron chi connectivity index (χ4n) is 1.57. The van der Waals surface area contributed by atoms with Gasteiger partial charge in [0, 0.05) is 5.92 Å². The van der Waals surface area contributed by atoms with Gasteiger partial charge < -0.3 is 4.74 Å². The number of hydrogen-bond acceptors (Lipinski definition) is 3. The van der Waals surface area contributed by atoms with E-state index in [1.807, 2.05) is 45.0 Å². The minimum Gasteiger partial charge on any atom is -0.407 e. The second-order valence-electron chi connectivity index (χ2n) is 4.38. The summed E-state index contributed by atoms with van der Waals surface area (Å²) in [7, 11) is 0. The van der Waals surface area contributed by atoms with Crippen LogP contribution in [0.15, 0.2) is 35.0 Å². The van der Waals surface area contributed by atoms with Crippen molar-refractivity contribution < 1.29 is 9.53 Å². The molecule has 0 saturated heterocycles. The second-order valence-corrected chi connectivity index (χ2v) is 4.38. The van der Waals surface area contributed by atoms with Crippen LogP contribution in [-0.2, 0) is 9.53 Å². The van der Waals surface area contributed by atoms with E-state index in [0.717, 1.165) is 11.1 Å². The molecule has 1 aromatic carbocycles. The summed E-state index contributed by atoms with van der Waals surface area (Å²) in [5.41, 5.74) is 2.48. The number of aliphatic imine (C=N–C) groups is 1. The zero-order valence-electron chi connectivity index (χ0n) is 10.2. The number of rotatable bonds is 2. The molecule has 3 heteroatoms. The molecule has 1 aromatic rings. The minimum atomic E-state index is -0.364. The van der Waals surface area contributed by atoms with Crippen LogP contribution in [0.5, 0.6) is 0 Å². The third-order valence-corrected chi connectivity index (χ3v) is 2.61. The lowest BCUT2D eigenvalue weighted by molar-refractivity contribution is -0.130. The fourth-order valence-corrected chi connectivity index (χ4v) is 1.57. The van der Waals surface area contributed by atoms with Crippen molar-refractivity contribution in [2.45, 2.75) is 20.8 Å². The highest BCUT2D eigenvalue weighted by Gasteiger charge is 2.24. The van der Waals surface area contributed by atoms with Gasteiger partial charge in [-0.2, -0.15) is 0 Å². The van der Waals surface area contributed by atoms with Crippen LogP contribution in [0.1, 0.15) is 25.0 Å². The molecular weight excluding hydrogens is 214 g/mol. The number of benzene rings is 1. The van der Waals surface area contributed by atoms with Crippen LogP contribution in [0.3, 0.4) is 0 Å². The maximum atomic E-state index is 11.6. The molecule has 1 aliphatic heterocycles. The summed E-state index contributed by atoms with van der Waals surface area (Å²) < 4.78 is 5.09. The Hall–Kier alpha value is -1.90. The van der Waals surface area contributed by atoms with Crippen LogP contribution in [-0.4, -0.2) is 11.9 Å². The molecule has 1 aliphatic rings. The number of ether oxygens (including phenoxy) is 1. The Labute approximate surface area is 101 Å². The number of nitrogens with zero attached hydrogens (tertiary/aromatic N) is 1. The Morgan fingerprint density at radius 3 is 2.59 bits per heavy atom. The molecule has 0 radical (unpaired) electrons. The van der Waals surface area contributed by atoms with Crippen molar-refractivity contribution in [3.63, 3.8) is 0 Å². The number of cyclic esters (lactones) is 1. The Kier molecular flexibility index (Phi) is 3.09. The van der Waals surface area contributed by atoms with Crippen LogP contribution in [0.2, 0.25) is 0 Å². The Balaban J connectivity index is 2.35. The van der Waals surface area contributed by atoms with Gasteiger partial charge in [-0.3, -0.25) is 0 Å². The lowest BCUT2D eigenvalue weighted by Crippen LogP contribution is -2.09. The molecule has 0 aliphatic carbocycles. The number of carbonyl (C=O) groups is 1. The predicted molar refractivity (Wildman–Crippen MR) is 67.5 cm³/mol. The lowest BCUT2D eigenvalue weighted by Gasteiger charge is -1.99. The maximum absolute atomic E-state index is 11.6. The van der Waals surface area contributed by atoms with Gasteiger partial charge in [0.15, 0.2) is 5.70 Å². The highest BCUT2D eigenvalue weighted by atomic mass is 16.6. The van der Waals surface area contributed by atoms with Crippen molar-refractivity contribution in [2.24, 2.45) is 10.9 Å². The van der Waals surface area contributed by atoms with Crippen LogP contribution in [0.25, 0.3) is 6.08 Å². The molecule has 0 saturated carbocycles. The molecule has 0 amide bonds. The monoisotopic (exact) mass is 229 g/mol. The molecule has 0 spiro atoms. The van der Waals surface area contributed by atoms with Crippen molar-refractivity contribution in [2.75, 3.05) is 0 Å². The van der Waals surface area contributed by atoms with E-state index in [1.54, 1.807) is 6.08 Å². The van der Waals surface area contributed by atoms with Gasteiger partial charge in [0.05, 0.1) is 0 Å². The third-order valence-electron chi connectivity index (χ3n) is 2.61. The van der Waals surface area contributed by atoms with Crippen molar-refractivity contribution in [1.82, 2.24) is 0 Å². The van der Waals surface area contributed by atoms with Gasteiger partial charge >= 0.3 is 5.97 Å². The fraction of sp³-hybridized carbons (Fsp3) is 0.286. The van der Waals surface area contributed by atoms with Crippen LogP contribution in [0, 0.1) is 12.8 Å². The number of aryl methyl sites for hydroxylation is 1. The molecule has 17 heavy (non-hydrogen) atoms. The molecule has 0 aromatic heterocycles. The molecule has 0 atom stereocenters. The van der Waals surface area contributed by atoms with Crippen LogP contribution < -0.4 is 0 Å². The number of esters is 1. The molecule has 0 bridgehead atoms. The molecule has 88 valence electrons. The van der Waals surface area contributed by atoms with Gasteiger partial charge in [-0.15, -0.1) is 0 Å². The van der Waals surface area contributed by atoms with Gasteiger partial charge in [0.25, 0.3) is 0 Å². The Bertz CT molecular complexity index is 513. The van der Waals surface area contributed by atoms with E-state index in [4.69, 9.17) is 4.74 Å². The van der Waals surface area contributed by atoms with E-state index in [9.17, 15) is 4.79 Å². The zero-order chi connectivity index (χ0) is 12.4. The molecule has 0 unspecified atom stereocenters. The topological polar surface area (TPSA) is 38.7 Å². The normalized spacial score (nSPS) is 17.5. The first-order valence-corrected chi connectivity index (χ1v) is 5.66. The quantitative estimate of drug-likeness (QED) is 0.577. The van der Waals surface area contributed by atoms with E-state index < -0.39 is 0 Å². The van der Waals surface area contributed by atoms with Gasteiger partial charge in [-0.05, 0) is 24.1 Å². The van der Waals surface area contributed by atoms with Gasteiger partial charge in [-0.25, -0.2) is 9.79 Å². The van der Waals surface area contributed by atoms with Gasteiger partial charge in [-0.1, -0.05) is 38.1 Å². The van der Waals surface area contributed by atoms with E-state index in [-0.39, 0.29) is 11.9 Å². The molecular formula is C14H15NO2. The summed E-state index contributed by atoms with van der Waals surface area (Å²) in [4.78, 5) is 15.8. The van der Waals surface area contributed by atoms with E-state index in [1.165, 1.54) is 0 Å². The summed E-state index contributed by atoms with van der Waals surface area (Å²) in [5.74, 6) is 0.258. The molecule has 0 N–H and O–H groups in total. The van der Waals surface area contributed by atoms with E-state index >= 15 is 0 Å². The highest BCUT2D eigenvalue weighted by Crippen LogP contribution is 2.19.